The van der Waals surface area contributed by atoms with E-state index in [4.69, 9.17) is 10.5 Å². The molecule has 0 spiro atoms. The molecule has 2 rings (SSSR count). The average Bonchev–Trinajstić information content (AvgIpc) is 2.88. The summed E-state index contributed by atoms with van der Waals surface area (Å²) in [5.41, 5.74) is 5.82. The number of hydrogen-bond acceptors (Lipinski definition) is 4. The summed E-state index contributed by atoms with van der Waals surface area (Å²) in [6, 6.07) is 3.35. The molecule has 2 unspecified atom stereocenters. The molecule has 1 saturated heterocycles. The molecule has 1 aliphatic rings. The summed E-state index contributed by atoms with van der Waals surface area (Å²) in [6.45, 7) is 1.32. The van der Waals surface area contributed by atoms with Gasteiger partial charge in [-0.1, -0.05) is 6.07 Å². The minimum absolute atomic E-state index is 0.118. The van der Waals surface area contributed by atoms with E-state index in [1.165, 1.54) is 11.3 Å². The first-order valence-corrected chi connectivity index (χ1v) is 5.82. The largest absolute Gasteiger partial charge is 0.379 e. The molecule has 1 aromatic heterocycles. The number of amides is 1. The van der Waals surface area contributed by atoms with Crippen molar-refractivity contribution in [2.24, 2.45) is 5.73 Å². The summed E-state index contributed by atoms with van der Waals surface area (Å²) in [7, 11) is 0. The monoisotopic (exact) mass is 226 g/mol. The molecule has 1 fully saturated rings. The lowest BCUT2D eigenvalue weighted by Gasteiger charge is -2.14. The fourth-order valence-electron chi connectivity index (χ4n) is 1.54. The first-order chi connectivity index (χ1) is 7.27. The van der Waals surface area contributed by atoms with Crippen LogP contribution in [0, 0.1) is 0 Å². The molecule has 0 radical (unpaired) electrons. The maximum Gasteiger partial charge on any atom is 0.242 e. The van der Waals surface area contributed by atoms with Crippen LogP contribution >= 0.6 is 11.3 Å². The SMILES string of the molecule is NC(C(=O)NC1CCOC1)c1cccs1. The van der Waals surface area contributed by atoms with Crippen molar-refractivity contribution in [1.82, 2.24) is 5.32 Å². The molecule has 0 aromatic carbocycles. The van der Waals surface area contributed by atoms with Gasteiger partial charge in [-0.3, -0.25) is 4.79 Å². The molecule has 82 valence electrons. The van der Waals surface area contributed by atoms with Gasteiger partial charge in [0.05, 0.1) is 12.6 Å². The molecule has 15 heavy (non-hydrogen) atoms. The summed E-state index contributed by atoms with van der Waals surface area (Å²) in [4.78, 5) is 12.6. The van der Waals surface area contributed by atoms with Crippen LogP contribution in [0.3, 0.4) is 0 Å². The van der Waals surface area contributed by atoms with Crippen LogP contribution in [0.1, 0.15) is 17.3 Å². The third-order valence-corrected chi connectivity index (χ3v) is 3.36. The normalized spacial score (nSPS) is 22.6. The number of nitrogens with one attached hydrogen (secondary N) is 1. The second kappa shape index (κ2) is 4.74. The van der Waals surface area contributed by atoms with Gasteiger partial charge < -0.3 is 15.8 Å². The quantitative estimate of drug-likeness (QED) is 0.795. The van der Waals surface area contributed by atoms with Crippen LogP contribution in [0.4, 0.5) is 0 Å². The highest BCUT2D eigenvalue weighted by atomic mass is 32.1. The Labute approximate surface area is 92.4 Å². The number of ether oxygens (including phenoxy) is 1. The Hall–Kier alpha value is -0.910. The molecule has 0 aliphatic carbocycles. The smallest absolute Gasteiger partial charge is 0.242 e. The predicted molar refractivity (Wildman–Crippen MR) is 58.6 cm³/mol. The zero-order valence-electron chi connectivity index (χ0n) is 8.31. The molecule has 4 nitrogen and oxygen atoms in total. The van der Waals surface area contributed by atoms with Crippen LogP contribution in [0.5, 0.6) is 0 Å². The van der Waals surface area contributed by atoms with Gasteiger partial charge in [0, 0.05) is 11.5 Å². The van der Waals surface area contributed by atoms with Crippen molar-refractivity contribution >= 4 is 17.2 Å². The van der Waals surface area contributed by atoms with Crippen LogP contribution in [-0.2, 0) is 9.53 Å². The minimum atomic E-state index is -0.550. The summed E-state index contributed by atoms with van der Waals surface area (Å²) < 4.78 is 5.18. The highest BCUT2D eigenvalue weighted by molar-refractivity contribution is 7.10. The second-order valence-corrected chi connectivity index (χ2v) is 4.54. The number of rotatable bonds is 3. The Bertz CT molecular complexity index is 320. The minimum Gasteiger partial charge on any atom is -0.379 e. The molecule has 0 saturated carbocycles. The summed E-state index contributed by atoms with van der Waals surface area (Å²) in [5.74, 6) is -0.118. The average molecular weight is 226 g/mol. The molecular weight excluding hydrogens is 212 g/mol. The van der Waals surface area contributed by atoms with E-state index in [1.807, 2.05) is 17.5 Å². The molecule has 1 amide bonds. The maximum absolute atomic E-state index is 11.7. The Morgan fingerprint density at radius 1 is 1.73 bits per heavy atom. The van der Waals surface area contributed by atoms with Gasteiger partial charge >= 0.3 is 0 Å². The van der Waals surface area contributed by atoms with Gasteiger partial charge in [0.2, 0.25) is 5.91 Å². The Morgan fingerprint density at radius 2 is 2.60 bits per heavy atom. The first-order valence-electron chi connectivity index (χ1n) is 4.94. The highest BCUT2D eigenvalue weighted by Gasteiger charge is 2.22. The lowest BCUT2D eigenvalue weighted by atomic mass is 10.2. The van der Waals surface area contributed by atoms with Crippen molar-refractivity contribution in [2.45, 2.75) is 18.5 Å². The Morgan fingerprint density at radius 3 is 3.20 bits per heavy atom. The van der Waals surface area contributed by atoms with Gasteiger partial charge in [0.25, 0.3) is 0 Å². The van der Waals surface area contributed by atoms with Gasteiger partial charge in [0.15, 0.2) is 0 Å². The number of hydrogen-bond donors (Lipinski definition) is 2. The maximum atomic E-state index is 11.7. The second-order valence-electron chi connectivity index (χ2n) is 3.56. The van der Waals surface area contributed by atoms with Crippen molar-refractivity contribution in [1.29, 1.82) is 0 Å². The summed E-state index contributed by atoms with van der Waals surface area (Å²) in [5, 5.41) is 4.80. The number of nitrogens with two attached hydrogens (primary N) is 1. The van der Waals surface area contributed by atoms with Gasteiger partial charge in [-0.05, 0) is 17.9 Å². The lowest BCUT2D eigenvalue weighted by molar-refractivity contribution is -0.123. The molecule has 1 aromatic rings. The molecule has 1 aliphatic heterocycles. The van der Waals surface area contributed by atoms with Crippen LogP contribution in [0.15, 0.2) is 17.5 Å². The first kappa shape index (κ1) is 10.6. The van der Waals surface area contributed by atoms with Crippen molar-refractivity contribution in [3.05, 3.63) is 22.4 Å². The van der Waals surface area contributed by atoms with Gasteiger partial charge in [-0.25, -0.2) is 0 Å². The zero-order chi connectivity index (χ0) is 10.7. The van der Waals surface area contributed by atoms with E-state index in [9.17, 15) is 4.79 Å². The van der Waals surface area contributed by atoms with Crippen molar-refractivity contribution in [3.8, 4) is 0 Å². The van der Waals surface area contributed by atoms with Gasteiger partial charge in [-0.2, -0.15) is 0 Å². The lowest BCUT2D eigenvalue weighted by Crippen LogP contribution is -2.40. The molecule has 5 heteroatoms. The predicted octanol–water partition coefficient (Wildman–Crippen LogP) is 0.653. The number of thiophene rings is 1. The van der Waals surface area contributed by atoms with E-state index in [1.54, 1.807) is 0 Å². The van der Waals surface area contributed by atoms with Crippen LogP contribution in [-0.4, -0.2) is 25.2 Å². The van der Waals surface area contributed by atoms with E-state index in [0.717, 1.165) is 17.9 Å². The van der Waals surface area contributed by atoms with E-state index in [0.29, 0.717) is 6.61 Å². The zero-order valence-corrected chi connectivity index (χ0v) is 9.13. The summed E-state index contributed by atoms with van der Waals surface area (Å²) >= 11 is 1.50. The Kier molecular flexibility index (Phi) is 3.35. The number of carbonyl (C=O) groups excluding carboxylic acids is 1. The van der Waals surface area contributed by atoms with E-state index < -0.39 is 6.04 Å². The van der Waals surface area contributed by atoms with E-state index in [-0.39, 0.29) is 11.9 Å². The number of carbonyl (C=O) groups is 1. The molecule has 2 heterocycles. The van der Waals surface area contributed by atoms with Crippen LogP contribution in [0.2, 0.25) is 0 Å². The van der Waals surface area contributed by atoms with Gasteiger partial charge in [-0.15, -0.1) is 11.3 Å². The third kappa shape index (κ3) is 2.56. The van der Waals surface area contributed by atoms with Crippen LogP contribution in [0.25, 0.3) is 0 Å². The molecule has 0 bridgehead atoms. The van der Waals surface area contributed by atoms with Crippen molar-refractivity contribution in [3.63, 3.8) is 0 Å². The molecule has 2 atom stereocenters. The van der Waals surface area contributed by atoms with Crippen molar-refractivity contribution < 1.29 is 9.53 Å². The fourth-order valence-corrected chi connectivity index (χ4v) is 2.26. The summed E-state index contributed by atoms with van der Waals surface area (Å²) in [6.07, 6.45) is 0.878. The fraction of sp³-hybridized carbons (Fsp3) is 0.500. The van der Waals surface area contributed by atoms with E-state index in [2.05, 4.69) is 5.32 Å². The van der Waals surface area contributed by atoms with Gasteiger partial charge in [0.1, 0.15) is 6.04 Å². The highest BCUT2D eigenvalue weighted by Crippen LogP contribution is 2.17. The molecular formula is C10H14N2O2S. The van der Waals surface area contributed by atoms with Crippen LogP contribution < -0.4 is 11.1 Å². The topological polar surface area (TPSA) is 64.4 Å². The third-order valence-electron chi connectivity index (χ3n) is 2.41. The van der Waals surface area contributed by atoms with Crippen molar-refractivity contribution in [2.75, 3.05) is 13.2 Å². The van der Waals surface area contributed by atoms with E-state index >= 15 is 0 Å². The Balaban J connectivity index is 1.90. The standard InChI is InChI=1S/C10H14N2O2S/c11-9(8-2-1-5-15-8)10(13)12-7-3-4-14-6-7/h1-2,5,7,9H,3-4,6,11H2,(H,12,13). The molecule has 3 N–H and O–H groups in total.